The van der Waals surface area contributed by atoms with Crippen LogP contribution in [0.1, 0.15) is 33.6 Å². The quantitative estimate of drug-likeness (QED) is 0.806. The summed E-state index contributed by atoms with van der Waals surface area (Å²) in [4.78, 5) is 20.5. The highest BCUT2D eigenvalue weighted by Gasteiger charge is 2.29. The molecule has 3 rings (SSSR count). The van der Waals surface area contributed by atoms with Gasteiger partial charge in [0.2, 0.25) is 0 Å². The molecule has 1 aromatic carbocycles. The number of anilines is 1. The minimum Gasteiger partial charge on any atom is -0.444 e. The summed E-state index contributed by atoms with van der Waals surface area (Å²) in [7, 11) is 2.02. The molecule has 1 aliphatic heterocycles. The van der Waals surface area contributed by atoms with Gasteiger partial charge < -0.3 is 14.5 Å². The van der Waals surface area contributed by atoms with Crippen molar-refractivity contribution in [1.82, 2.24) is 9.88 Å². The lowest BCUT2D eigenvalue weighted by atomic mass is 10.0. The molecule has 0 spiro atoms. The van der Waals surface area contributed by atoms with Crippen LogP contribution >= 0.6 is 0 Å². The molecule has 0 unspecified atom stereocenters. The maximum absolute atomic E-state index is 13.7. The summed E-state index contributed by atoms with van der Waals surface area (Å²) in [6.07, 6.45) is 3.18. The second-order valence-electron chi connectivity index (χ2n) is 7.80. The maximum Gasteiger partial charge on any atom is 0.410 e. The molecule has 1 aromatic heterocycles. The molecule has 0 atom stereocenters. The van der Waals surface area contributed by atoms with Crippen LogP contribution in [-0.4, -0.2) is 47.8 Å². The van der Waals surface area contributed by atoms with E-state index in [0.29, 0.717) is 13.1 Å². The largest absolute Gasteiger partial charge is 0.444 e. The van der Waals surface area contributed by atoms with Crippen LogP contribution < -0.4 is 4.90 Å². The molecule has 2 aromatic rings. The third-order valence-electron chi connectivity index (χ3n) is 4.72. The molecule has 0 N–H and O–H groups in total. The first-order valence-electron chi connectivity index (χ1n) is 8.99. The normalized spacial score (nSPS) is 16.0. The van der Waals surface area contributed by atoms with Crippen LogP contribution in [0.2, 0.25) is 0 Å². The molecule has 0 saturated carbocycles. The Kier molecular flexibility index (Phi) is 5.03. The standard InChI is InChI=1S/C20H26FN3O2/c1-20(2,3)26-19(25)24-11-8-15(9-12-24)23(4)18-7-10-22-17-6-5-14(21)13-16(17)18/h5-7,10,13,15H,8-9,11-12H2,1-4H3. The zero-order valence-electron chi connectivity index (χ0n) is 15.8. The van der Waals surface area contributed by atoms with Crippen LogP contribution in [0.4, 0.5) is 14.9 Å². The van der Waals surface area contributed by atoms with Crippen molar-refractivity contribution in [2.75, 3.05) is 25.0 Å². The molecular weight excluding hydrogens is 333 g/mol. The van der Waals surface area contributed by atoms with E-state index in [0.717, 1.165) is 29.4 Å². The summed E-state index contributed by atoms with van der Waals surface area (Å²) in [6, 6.07) is 6.86. The van der Waals surface area contributed by atoms with Gasteiger partial charge in [0.15, 0.2) is 0 Å². The molecule has 6 heteroatoms. The van der Waals surface area contributed by atoms with Crippen molar-refractivity contribution < 1.29 is 13.9 Å². The van der Waals surface area contributed by atoms with Crippen molar-refractivity contribution in [2.24, 2.45) is 0 Å². The average Bonchev–Trinajstić information content (AvgIpc) is 2.59. The zero-order chi connectivity index (χ0) is 18.9. The molecule has 0 bridgehead atoms. The van der Waals surface area contributed by atoms with Crippen LogP contribution in [0.3, 0.4) is 0 Å². The Morgan fingerprint density at radius 3 is 2.62 bits per heavy atom. The van der Waals surface area contributed by atoms with E-state index in [1.165, 1.54) is 12.1 Å². The molecule has 1 aliphatic rings. The fourth-order valence-electron chi connectivity index (χ4n) is 3.37. The average molecular weight is 359 g/mol. The number of fused-ring (bicyclic) bond motifs is 1. The SMILES string of the molecule is CN(c1ccnc2ccc(F)cc12)C1CCN(C(=O)OC(C)(C)C)CC1. The molecule has 1 saturated heterocycles. The van der Waals surface area contributed by atoms with Gasteiger partial charge in [-0.3, -0.25) is 4.98 Å². The number of piperidine rings is 1. The third-order valence-corrected chi connectivity index (χ3v) is 4.72. The van der Waals surface area contributed by atoms with Gasteiger partial charge in [-0.15, -0.1) is 0 Å². The molecular formula is C20H26FN3O2. The molecule has 140 valence electrons. The Hall–Kier alpha value is -2.37. The third kappa shape index (κ3) is 4.06. The summed E-state index contributed by atoms with van der Waals surface area (Å²) < 4.78 is 19.1. The van der Waals surface area contributed by atoms with Crippen molar-refractivity contribution >= 4 is 22.7 Å². The number of ether oxygens (including phenoxy) is 1. The van der Waals surface area contributed by atoms with Gasteiger partial charge in [0.1, 0.15) is 11.4 Å². The first kappa shape index (κ1) is 18.4. The Morgan fingerprint density at radius 2 is 1.96 bits per heavy atom. The topological polar surface area (TPSA) is 45.7 Å². The van der Waals surface area contributed by atoms with Crippen LogP contribution in [0.25, 0.3) is 10.9 Å². The van der Waals surface area contributed by atoms with Gasteiger partial charge in [0.05, 0.1) is 5.52 Å². The Bertz CT molecular complexity index is 795. The molecule has 2 heterocycles. The number of hydrogen-bond acceptors (Lipinski definition) is 4. The molecule has 0 aliphatic carbocycles. The predicted molar refractivity (Wildman–Crippen MR) is 101 cm³/mol. The highest BCUT2D eigenvalue weighted by molar-refractivity contribution is 5.91. The van der Waals surface area contributed by atoms with Crippen molar-refractivity contribution in [1.29, 1.82) is 0 Å². The predicted octanol–water partition coefficient (Wildman–Crippen LogP) is 4.21. The smallest absolute Gasteiger partial charge is 0.410 e. The van der Waals surface area contributed by atoms with Crippen LogP contribution in [0.5, 0.6) is 0 Å². The van der Waals surface area contributed by atoms with Gasteiger partial charge in [-0.25, -0.2) is 9.18 Å². The second-order valence-corrected chi connectivity index (χ2v) is 7.80. The molecule has 1 amide bonds. The fraction of sp³-hybridized carbons (Fsp3) is 0.500. The Balaban J connectivity index is 1.70. The molecule has 1 fully saturated rings. The van der Waals surface area contributed by atoms with E-state index in [-0.39, 0.29) is 18.0 Å². The van der Waals surface area contributed by atoms with E-state index < -0.39 is 5.60 Å². The number of likely N-dealkylation sites (tertiary alicyclic amines) is 1. The van der Waals surface area contributed by atoms with Gasteiger partial charge in [0, 0.05) is 43.4 Å². The number of carbonyl (C=O) groups excluding carboxylic acids is 1. The van der Waals surface area contributed by atoms with E-state index in [1.54, 1.807) is 17.2 Å². The highest BCUT2D eigenvalue weighted by Crippen LogP contribution is 2.29. The lowest BCUT2D eigenvalue weighted by Crippen LogP contribution is -2.47. The van der Waals surface area contributed by atoms with Crippen molar-refractivity contribution in [2.45, 2.75) is 45.3 Å². The minimum absolute atomic E-state index is 0.255. The highest BCUT2D eigenvalue weighted by atomic mass is 19.1. The van der Waals surface area contributed by atoms with Gasteiger partial charge in [-0.1, -0.05) is 0 Å². The van der Waals surface area contributed by atoms with Gasteiger partial charge in [-0.2, -0.15) is 0 Å². The lowest BCUT2D eigenvalue weighted by molar-refractivity contribution is 0.0205. The van der Waals surface area contributed by atoms with Crippen molar-refractivity contribution in [3.63, 3.8) is 0 Å². The van der Waals surface area contributed by atoms with E-state index >= 15 is 0 Å². The number of benzene rings is 1. The Labute approximate surface area is 153 Å². The van der Waals surface area contributed by atoms with E-state index in [9.17, 15) is 9.18 Å². The van der Waals surface area contributed by atoms with Gasteiger partial charge in [-0.05, 0) is 57.9 Å². The van der Waals surface area contributed by atoms with Crippen LogP contribution in [-0.2, 0) is 4.74 Å². The second kappa shape index (κ2) is 7.09. The summed E-state index contributed by atoms with van der Waals surface area (Å²) in [6.45, 7) is 6.93. The number of aromatic nitrogens is 1. The van der Waals surface area contributed by atoms with E-state index in [4.69, 9.17) is 4.74 Å². The fourth-order valence-corrected chi connectivity index (χ4v) is 3.37. The van der Waals surface area contributed by atoms with E-state index in [2.05, 4.69) is 9.88 Å². The first-order chi connectivity index (χ1) is 12.2. The van der Waals surface area contributed by atoms with Gasteiger partial charge in [0.25, 0.3) is 0 Å². The summed E-state index contributed by atoms with van der Waals surface area (Å²) >= 11 is 0. The van der Waals surface area contributed by atoms with Crippen molar-refractivity contribution in [3.05, 3.63) is 36.3 Å². The van der Waals surface area contributed by atoms with E-state index in [1.807, 2.05) is 33.9 Å². The molecule has 0 radical (unpaired) electrons. The number of nitrogens with zero attached hydrogens (tertiary/aromatic N) is 3. The molecule has 5 nitrogen and oxygen atoms in total. The summed E-state index contributed by atoms with van der Waals surface area (Å²) in [5, 5.41) is 0.810. The van der Waals surface area contributed by atoms with Gasteiger partial charge >= 0.3 is 6.09 Å². The Morgan fingerprint density at radius 1 is 1.27 bits per heavy atom. The number of pyridine rings is 1. The number of rotatable bonds is 2. The summed E-state index contributed by atoms with van der Waals surface area (Å²) in [5.74, 6) is -0.264. The number of amides is 1. The monoisotopic (exact) mass is 359 g/mol. The maximum atomic E-state index is 13.7. The number of carbonyl (C=O) groups is 1. The van der Waals surface area contributed by atoms with Crippen LogP contribution in [0, 0.1) is 5.82 Å². The summed E-state index contributed by atoms with van der Waals surface area (Å²) in [5.41, 5.74) is 1.26. The molecule has 26 heavy (non-hydrogen) atoms. The van der Waals surface area contributed by atoms with Crippen molar-refractivity contribution in [3.8, 4) is 0 Å². The first-order valence-corrected chi connectivity index (χ1v) is 8.99. The number of halogens is 1. The zero-order valence-corrected chi connectivity index (χ0v) is 15.8. The minimum atomic E-state index is -0.481. The number of hydrogen-bond donors (Lipinski definition) is 0. The lowest BCUT2D eigenvalue weighted by Gasteiger charge is -2.38. The van der Waals surface area contributed by atoms with Crippen LogP contribution in [0.15, 0.2) is 30.5 Å².